The molecule has 0 heterocycles. The topological polar surface area (TPSA) is 59.9 Å². The molecule has 0 fully saturated rings. The van der Waals surface area contributed by atoms with Crippen molar-refractivity contribution in [2.24, 2.45) is 5.10 Å². The molecular formula is C26H29ClN2O3. The SMILES string of the molecule is CCCCCCOc1c(Cl)cc(/C=N/NC(=O)c2cccc3ccccc23)cc1OCC. The zero-order valence-electron chi connectivity index (χ0n) is 18.6. The predicted octanol–water partition coefficient (Wildman–Crippen LogP) is 6.61. The third kappa shape index (κ3) is 6.24. The molecule has 0 aliphatic heterocycles. The van der Waals surface area contributed by atoms with Gasteiger partial charge in [-0.1, -0.05) is 74.2 Å². The number of nitrogens with zero attached hydrogens (tertiary/aromatic N) is 1. The molecule has 0 aromatic heterocycles. The Morgan fingerprint density at radius 1 is 1.03 bits per heavy atom. The number of fused-ring (bicyclic) bond motifs is 1. The van der Waals surface area contributed by atoms with Crippen LogP contribution in [0.3, 0.4) is 0 Å². The lowest BCUT2D eigenvalue weighted by Crippen LogP contribution is -2.17. The van der Waals surface area contributed by atoms with E-state index in [0.29, 0.717) is 40.9 Å². The van der Waals surface area contributed by atoms with Crippen molar-refractivity contribution in [3.05, 3.63) is 70.7 Å². The van der Waals surface area contributed by atoms with E-state index in [0.717, 1.165) is 23.6 Å². The smallest absolute Gasteiger partial charge is 0.271 e. The highest BCUT2D eigenvalue weighted by Crippen LogP contribution is 2.36. The summed E-state index contributed by atoms with van der Waals surface area (Å²) in [5, 5.41) is 6.45. The lowest BCUT2D eigenvalue weighted by atomic mass is 10.0. The molecule has 0 bridgehead atoms. The fourth-order valence-corrected chi connectivity index (χ4v) is 3.69. The van der Waals surface area contributed by atoms with Gasteiger partial charge in [-0.2, -0.15) is 5.10 Å². The number of benzene rings is 3. The lowest BCUT2D eigenvalue weighted by Gasteiger charge is -2.14. The summed E-state index contributed by atoms with van der Waals surface area (Å²) in [4.78, 5) is 12.6. The fraction of sp³-hybridized carbons (Fsp3) is 0.308. The van der Waals surface area contributed by atoms with Gasteiger partial charge >= 0.3 is 0 Å². The van der Waals surface area contributed by atoms with Gasteiger partial charge in [0.2, 0.25) is 0 Å². The number of ether oxygens (including phenoxy) is 2. The average molecular weight is 453 g/mol. The van der Waals surface area contributed by atoms with Crippen LogP contribution < -0.4 is 14.9 Å². The fourth-order valence-electron chi connectivity index (χ4n) is 3.42. The molecule has 1 N–H and O–H groups in total. The molecule has 168 valence electrons. The van der Waals surface area contributed by atoms with Crippen LogP contribution in [0.4, 0.5) is 0 Å². The van der Waals surface area contributed by atoms with E-state index in [9.17, 15) is 4.79 Å². The monoisotopic (exact) mass is 452 g/mol. The first kappa shape index (κ1) is 23.6. The summed E-state index contributed by atoms with van der Waals surface area (Å²) in [5.41, 5.74) is 3.87. The Morgan fingerprint density at radius 3 is 2.66 bits per heavy atom. The predicted molar refractivity (Wildman–Crippen MR) is 131 cm³/mol. The van der Waals surface area contributed by atoms with Crippen LogP contribution in [0.25, 0.3) is 10.8 Å². The van der Waals surface area contributed by atoms with Gasteiger partial charge in [0.25, 0.3) is 5.91 Å². The third-order valence-corrected chi connectivity index (χ3v) is 5.27. The van der Waals surface area contributed by atoms with E-state index in [1.54, 1.807) is 18.3 Å². The van der Waals surface area contributed by atoms with Gasteiger partial charge < -0.3 is 9.47 Å². The van der Waals surface area contributed by atoms with Crippen LogP contribution in [0.1, 0.15) is 55.5 Å². The molecule has 0 atom stereocenters. The van der Waals surface area contributed by atoms with Crippen molar-refractivity contribution in [2.45, 2.75) is 39.5 Å². The van der Waals surface area contributed by atoms with Gasteiger partial charge in [0, 0.05) is 5.56 Å². The zero-order chi connectivity index (χ0) is 22.8. The van der Waals surface area contributed by atoms with Crippen LogP contribution in [0.15, 0.2) is 59.7 Å². The molecule has 6 heteroatoms. The molecule has 0 radical (unpaired) electrons. The summed E-state index contributed by atoms with van der Waals surface area (Å²) in [6.45, 7) is 5.16. The number of amides is 1. The number of carbonyl (C=O) groups is 1. The van der Waals surface area contributed by atoms with Crippen LogP contribution in [0.2, 0.25) is 5.02 Å². The second-order valence-electron chi connectivity index (χ2n) is 7.40. The molecule has 0 spiro atoms. The molecule has 3 aromatic carbocycles. The standard InChI is InChI=1S/C26H29ClN2O3/c1-3-5-6-9-15-32-25-23(27)16-19(17-24(25)31-4-2)18-28-29-26(30)22-14-10-12-20-11-7-8-13-21(20)22/h7-8,10-14,16-18H,3-6,9,15H2,1-2H3,(H,29,30)/b28-18+. The number of unbranched alkanes of at least 4 members (excludes halogenated alkanes) is 3. The highest BCUT2D eigenvalue weighted by atomic mass is 35.5. The van der Waals surface area contributed by atoms with Crippen LogP contribution in [-0.2, 0) is 0 Å². The molecule has 5 nitrogen and oxygen atoms in total. The van der Waals surface area contributed by atoms with Gasteiger partial charge in [-0.15, -0.1) is 0 Å². The molecule has 0 aliphatic rings. The molecule has 0 saturated carbocycles. The van der Waals surface area contributed by atoms with E-state index in [2.05, 4.69) is 17.5 Å². The summed E-state index contributed by atoms with van der Waals surface area (Å²) >= 11 is 6.46. The maximum atomic E-state index is 12.6. The van der Waals surface area contributed by atoms with Crippen LogP contribution in [0, 0.1) is 0 Å². The van der Waals surface area contributed by atoms with Gasteiger partial charge in [0.1, 0.15) is 0 Å². The average Bonchev–Trinajstić information content (AvgIpc) is 2.80. The van der Waals surface area contributed by atoms with E-state index in [1.807, 2.05) is 49.4 Å². The maximum Gasteiger partial charge on any atom is 0.271 e. The minimum Gasteiger partial charge on any atom is -0.490 e. The summed E-state index contributed by atoms with van der Waals surface area (Å²) < 4.78 is 11.6. The van der Waals surface area contributed by atoms with E-state index >= 15 is 0 Å². The molecule has 32 heavy (non-hydrogen) atoms. The molecule has 0 unspecified atom stereocenters. The summed E-state index contributed by atoms with van der Waals surface area (Å²) in [7, 11) is 0. The first-order valence-electron chi connectivity index (χ1n) is 11.0. The third-order valence-electron chi connectivity index (χ3n) is 4.99. The quantitative estimate of drug-likeness (QED) is 0.202. The Balaban J connectivity index is 1.70. The van der Waals surface area contributed by atoms with E-state index in [4.69, 9.17) is 21.1 Å². The number of hydrogen-bond donors (Lipinski definition) is 1. The van der Waals surface area contributed by atoms with Crippen molar-refractivity contribution < 1.29 is 14.3 Å². The van der Waals surface area contributed by atoms with Crippen molar-refractivity contribution >= 4 is 34.5 Å². The number of carbonyl (C=O) groups excluding carboxylic acids is 1. The summed E-state index contributed by atoms with van der Waals surface area (Å²) in [6, 6.07) is 16.9. The Morgan fingerprint density at radius 2 is 1.84 bits per heavy atom. The summed E-state index contributed by atoms with van der Waals surface area (Å²) in [6.07, 6.45) is 6.01. The minimum atomic E-state index is -0.277. The highest BCUT2D eigenvalue weighted by molar-refractivity contribution is 6.32. The minimum absolute atomic E-state index is 0.277. The molecule has 0 saturated heterocycles. The molecule has 0 aliphatic carbocycles. The second-order valence-corrected chi connectivity index (χ2v) is 7.81. The Kier molecular flexibility index (Phi) is 8.93. The van der Waals surface area contributed by atoms with Gasteiger partial charge in [-0.25, -0.2) is 5.43 Å². The van der Waals surface area contributed by atoms with Crippen molar-refractivity contribution in [3.63, 3.8) is 0 Å². The number of rotatable bonds is 11. The molecule has 3 aromatic rings. The van der Waals surface area contributed by atoms with Crippen LogP contribution >= 0.6 is 11.6 Å². The number of hydrogen-bond acceptors (Lipinski definition) is 4. The van der Waals surface area contributed by atoms with Crippen molar-refractivity contribution in [1.82, 2.24) is 5.43 Å². The first-order chi connectivity index (χ1) is 15.6. The Hall–Kier alpha value is -3.05. The first-order valence-corrected chi connectivity index (χ1v) is 11.4. The van der Waals surface area contributed by atoms with Gasteiger partial charge in [-0.05, 0) is 47.9 Å². The van der Waals surface area contributed by atoms with Crippen molar-refractivity contribution in [3.8, 4) is 11.5 Å². The number of halogens is 1. The van der Waals surface area contributed by atoms with E-state index in [1.165, 1.54) is 12.8 Å². The molecule has 1 amide bonds. The lowest BCUT2D eigenvalue weighted by molar-refractivity contribution is 0.0957. The van der Waals surface area contributed by atoms with Gasteiger partial charge in [0.05, 0.1) is 24.5 Å². The number of nitrogens with one attached hydrogen (secondary N) is 1. The Labute approximate surface area is 194 Å². The van der Waals surface area contributed by atoms with E-state index in [-0.39, 0.29) is 5.91 Å². The number of hydrazone groups is 1. The molecule has 3 rings (SSSR count). The van der Waals surface area contributed by atoms with Crippen molar-refractivity contribution in [1.29, 1.82) is 0 Å². The molecular weight excluding hydrogens is 424 g/mol. The second kappa shape index (κ2) is 12.1. The van der Waals surface area contributed by atoms with Gasteiger partial charge in [-0.3, -0.25) is 4.79 Å². The van der Waals surface area contributed by atoms with Crippen LogP contribution in [0.5, 0.6) is 11.5 Å². The maximum absolute atomic E-state index is 12.6. The highest BCUT2D eigenvalue weighted by Gasteiger charge is 2.13. The van der Waals surface area contributed by atoms with Crippen LogP contribution in [-0.4, -0.2) is 25.3 Å². The summed E-state index contributed by atoms with van der Waals surface area (Å²) in [5.74, 6) is 0.834. The van der Waals surface area contributed by atoms with Gasteiger partial charge in [0.15, 0.2) is 11.5 Å². The zero-order valence-corrected chi connectivity index (χ0v) is 19.3. The Bertz CT molecular complexity index is 1080. The normalized spacial score (nSPS) is 11.1. The van der Waals surface area contributed by atoms with E-state index < -0.39 is 0 Å². The largest absolute Gasteiger partial charge is 0.490 e. The van der Waals surface area contributed by atoms with Crippen molar-refractivity contribution in [2.75, 3.05) is 13.2 Å².